The Morgan fingerprint density at radius 2 is 1.76 bits per heavy atom. The van der Waals surface area contributed by atoms with E-state index >= 15 is 4.39 Å². The zero-order valence-electron chi connectivity index (χ0n) is 18.2. The lowest BCUT2D eigenvalue weighted by Gasteiger charge is -2.37. The Kier molecular flexibility index (Phi) is 5.30. The number of aliphatic hydroxyl groups is 1. The van der Waals surface area contributed by atoms with Crippen LogP contribution in [0.25, 0.3) is 22.8 Å². The number of hydrogen-bond donors (Lipinski definition) is 1. The highest BCUT2D eigenvalue weighted by Gasteiger charge is 2.27. The maximum atomic E-state index is 15.1. The van der Waals surface area contributed by atoms with Crippen molar-refractivity contribution in [1.29, 1.82) is 0 Å². The molecule has 0 spiro atoms. The molecule has 0 bridgehead atoms. The third kappa shape index (κ3) is 4.17. The molecule has 2 aromatic heterocycles. The van der Waals surface area contributed by atoms with Crippen LogP contribution in [-0.4, -0.2) is 43.4 Å². The van der Waals surface area contributed by atoms with Gasteiger partial charge in [-0.2, -0.15) is 10.2 Å². The van der Waals surface area contributed by atoms with E-state index in [2.05, 4.69) is 15.1 Å². The van der Waals surface area contributed by atoms with Crippen molar-refractivity contribution in [3.05, 3.63) is 89.1 Å². The van der Waals surface area contributed by atoms with Gasteiger partial charge in [-0.25, -0.2) is 13.8 Å². The first-order valence-electron chi connectivity index (χ1n) is 10.9. The molecule has 0 unspecified atom stereocenters. The summed E-state index contributed by atoms with van der Waals surface area (Å²) in [6.07, 6.45) is 4.34. The molecular formula is C25H24FN5O2. The molecule has 1 N–H and O–H groups in total. The van der Waals surface area contributed by atoms with Gasteiger partial charge in [0, 0.05) is 31.0 Å². The number of anilines is 1. The van der Waals surface area contributed by atoms with Gasteiger partial charge in [0.05, 0.1) is 23.2 Å². The van der Waals surface area contributed by atoms with Crippen molar-refractivity contribution < 1.29 is 9.50 Å². The normalized spacial score (nSPS) is 15.5. The molecule has 7 nitrogen and oxygen atoms in total. The Balaban J connectivity index is 1.48. The third-order valence-corrected chi connectivity index (χ3v) is 6.08. The van der Waals surface area contributed by atoms with Gasteiger partial charge in [-0.3, -0.25) is 4.79 Å². The van der Waals surface area contributed by atoms with Crippen molar-refractivity contribution in [2.24, 2.45) is 0 Å². The fourth-order valence-electron chi connectivity index (χ4n) is 4.10. The molecular weight excluding hydrogens is 421 g/mol. The van der Waals surface area contributed by atoms with E-state index < -0.39 is 11.4 Å². The second kappa shape index (κ2) is 8.29. The minimum Gasteiger partial charge on any atom is -0.390 e. The first-order valence-corrected chi connectivity index (χ1v) is 10.9. The second-order valence-electron chi connectivity index (χ2n) is 8.56. The molecule has 8 heteroatoms. The van der Waals surface area contributed by atoms with Crippen molar-refractivity contribution in [2.75, 3.05) is 18.0 Å². The SMILES string of the molecule is CC1(O)CCN(c2ccc(-n3ccc(=O)c(-c4ccnn4-c4ccccc4)n3)c(F)c2)CC1. The smallest absolute Gasteiger partial charge is 0.209 e. The van der Waals surface area contributed by atoms with Crippen LogP contribution in [0.3, 0.4) is 0 Å². The number of hydrogen-bond acceptors (Lipinski definition) is 5. The van der Waals surface area contributed by atoms with Crippen LogP contribution in [0.4, 0.5) is 10.1 Å². The molecule has 1 aliphatic rings. The fourth-order valence-corrected chi connectivity index (χ4v) is 4.10. The van der Waals surface area contributed by atoms with Crippen molar-refractivity contribution in [1.82, 2.24) is 19.6 Å². The lowest BCUT2D eigenvalue weighted by atomic mass is 9.93. The molecule has 0 amide bonds. The quantitative estimate of drug-likeness (QED) is 0.520. The summed E-state index contributed by atoms with van der Waals surface area (Å²) < 4.78 is 18.1. The van der Waals surface area contributed by atoms with E-state index in [0.717, 1.165) is 11.4 Å². The molecule has 5 rings (SSSR count). The van der Waals surface area contributed by atoms with Crippen LogP contribution >= 0.6 is 0 Å². The third-order valence-electron chi connectivity index (χ3n) is 6.08. The first-order chi connectivity index (χ1) is 15.9. The van der Waals surface area contributed by atoms with E-state index in [1.54, 1.807) is 23.0 Å². The molecule has 0 saturated carbocycles. The van der Waals surface area contributed by atoms with Gasteiger partial charge in [0.2, 0.25) is 5.43 Å². The van der Waals surface area contributed by atoms with E-state index in [1.807, 2.05) is 43.3 Å². The summed E-state index contributed by atoms with van der Waals surface area (Å²) in [5.74, 6) is -0.441. The van der Waals surface area contributed by atoms with Crippen molar-refractivity contribution in [3.63, 3.8) is 0 Å². The Morgan fingerprint density at radius 1 is 1.00 bits per heavy atom. The second-order valence-corrected chi connectivity index (χ2v) is 8.56. The van der Waals surface area contributed by atoms with Gasteiger partial charge in [-0.15, -0.1) is 0 Å². The van der Waals surface area contributed by atoms with Crippen LogP contribution in [0.15, 0.2) is 77.9 Å². The number of aromatic nitrogens is 4. The summed E-state index contributed by atoms with van der Waals surface area (Å²) in [7, 11) is 0. The minimum atomic E-state index is -0.669. The van der Waals surface area contributed by atoms with E-state index in [9.17, 15) is 9.90 Å². The Morgan fingerprint density at radius 3 is 2.48 bits per heavy atom. The highest BCUT2D eigenvalue weighted by atomic mass is 19.1. The number of rotatable bonds is 4. The summed E-state index contributed by atoms with van der Waals surface area (Å²) >= 11 is 0. The molecule has 0 aliphatic carbocycles. The Labute approximate surface area is 190 Å². The molecule has 1 aliphatic heterocycles. The maximum Gasteiger partial charge on any atom is 0.209 e. The summed E-state index contributed by atoms with van der Waals surface area (Å²) in [6, 6.07) is 17.5. The van der Waals surface area contributed by atoms with Crippen LogP contribution in [0.5, 0.6) is 0 Å². The number of benzene rings is 2. The van der Waals surface area contributed by atoms with E-state index in [1.165, 1.54) is 23.0 Å². The largest absolute Gasteiger partial charge is 0.390 e. The first kappa shape index (κ1) is 21.1. The minimum absolute atomic E-state index is 0.181. The lowest BCUT2D eigenvalue weighted by Crippen LogP contribution is -2.42. The van der Waals surface area contributed by atoms with Crippen LogP contribution in [0, 0.1) is 5.82 Å². The molecule has 2 aromatic carbocycles. The van der Waals surface area contributed by atoms with E-state index in [0.29, 0.717) is 31.6 Å². The molecule has 0 radical (unpaired) electrons. The van der Waals surface area contributed by atoms with Crippen LogP contribution in [0.1, 0.15) is 19.8 Å². The van der Waals surface area contributed by atoms with Crippen molar-refractivity contribution in [2.45, 2.75) is 25.4 Å². The van der Waals surface area contributed by atoms with Crippen molar-refractivity contribution in [3.8, 4) is 22.8 Å². The highest BCUT2D eigenvalue weighted by molar-refractivity contribution is 5.58. The van der Waals surface area contributed by atoms with Crippen LogP contribution in [0.2, 0.25) is 0 Å². The van der Waals surface area contributed by atoms with E-state index in [4.69, 9.17) is 0 Å². The number of halogens is 1. The van der Waals surface area contributed by atoms with Gasteiger partial charge in [-0.1, -0.05) is 18.2 Å². The summed E-state index contributed by atoms with van der Waals surface area (Å²) in [4.78, 5) is 14.7. The molecule has 3 heterocycles. The molecule has 1 fully saturated rings. The van der Waals surface area contributed by atoms with Crippen molar-refractivity contribution >= 4 is 5.69 Å². The van der Waals surface area contributed by atoms with Gasteiger partial charge in [0.15, 0.2) is 11.5 Å². The fraction of sp³-hybridized carbons (Fsp3) is 0.240. The van der Waals surface area contributed by atoms with Crippen LogP contribution in [-0.2, 0) is 0 Å². The summed E-state index contributed by atoms with van der Waals surface area (Å²) in [5, 5.41) is 18.9. The highest BCUT2D eigenvalue weighted by Crippen LogP contribution is 2.28. The van der Waals surface area contributed by atoms with Gasteiger partial charge in [-0.05, 0) is 56.2 Å². The summed E-state index contributed by atoms with van der Waals surface area (Å²) in [6.45, 7) is 3.16. The van der Waals surface area contributed by atoms with Gasteiger partial charge >= 0.3 is 0 Å². The molecule has 1 saturated heterocycles. The number of piperidine rings is 1. The Hall–Kier alpha value is -3.78. The molecule has 0 atom stereocenters. The topological polar surface area (TPSA) is 76.2 Å². The molecule has 4 aromatic rings. The zero-order valence-corrected chi connectivity index (χ0v) is 18.2. The molecule has 168 valence electrons. The Bertz CT molecular complexity index is 1340. The van der Waals surface area contributed by atoms with Gasteiger partial charge < -0.3 is 10.0 Å². The van der Waals surface area contributed by atoms with Gasteiger partial charge in [0.25, 0.3) is 0 Å². The lowest BCUT2D eigenvalue weighted by molar-refractivity contribution is 0.0351. The zero-order chi connectivity index (χ0) is 23.0. The molecule has 33 heavy (non-hydrogen) atoms. The number of nitrogens with zero attached hydrogens (tertiary/aromatic N) is 5. The van der Waals surface area contributed by atoms with Gasteiger partial charge in [0.1, 0.15) is 5.69 Å². The predicted octanol–water partition coefficient (Wildman–Crippen LogP) is 3.58. The average Bonchev–Trinajstić information content (AvgIpc) is 3.30. The van der Waals surface area contributed by atoms with E-state index in [-0.39, 0.29) is 16.8 Å². The monoisotopic (exact) mass is 445 g/mol. The predicted molar refractivity (Wildman–Crippen MR) is 124 cm³/mol. The average molecular weight is 445 g/mol. The summed E-state index contributed by atoms with van der Waals surface area (Å²) in [5.41, 5.74) is 1.56. The standard InChI is InChI=1S/C25H24FN5O2/c1-25(33)11-15-29(16-12-25)19-7-8-21(20(26)17-19)30-14-10-23(32)24(28-30)22-9-13-27-31(22)18-5-3-2-4-6-18/h2-10,13-14,17,33H,11-12,15-16H2,1H3. The van der Waals surface area contributed by atoms with Crippen LogP contribution < -0.4 is 10.3 Å². The number of para-hydroxylation sites is 1. The maximum absolute atomic E-state index is 15.1.